The fourth-order valence-corrected chi connectivity index (χ4v) is 3.84. The number of fused-ring (bicyclic) bond motifs is 1. The van der Waals surface area contributed by atoms with Crippen LogP contribution in [0.25, 0.3) is 16.7 Å². The maximum atomic E-state index is 13.5. The van der Waals surface area contributed by atoms with Crippen molar-refractivity contribution in [2.75, 3.05) is 18.6 Å². The van der Waals surface area contributed by atoms with Crippen LogP contribution in [0, 0.1) is 4.64 Å². The van der Waals surface area contributed by atoms with Crippen molar-refractivity contribution in [3.63, 3.8) is 0 Å². The molecule has 1 aromatic carbocycles. The van der Waals surface area contributed by atoms with Gasteiger partial charge in [-0.2, -0.15) is 4.40 Å². The number of halogens is 1. The van der Waals surface area contributed by atoms with E-state index >= 15 is 0 Å². The van der Waals surface area contributed by atoms with E-state index < -0.39 is 0 Å². The van der Waals surface area contributed by atoms with Crippen LogP contribution in [0.15, 0.2) is 33.5 Å². The summed E-state index contributed by atoms with van der Waals surface area (Å²) in [5, 5.41) is 4.00. The predicted molar refractivity (Wildman–Crippen MR) is 125 cm³/mol. The Kier molecular flexibility index (Phi) is 6.30. The van der Waals surface area contributed by atoms with E-state index in [-0.39, 0.29) is 17.3 Å². The second-order valence-electron chi connectivity index (χ2n) is 6.58. The molecule has 0 unspecified atom stereocenters. The summed E-state index contributed by atoms with van der Waals surface area (Å²) < 4.78 is 6.31. The monoisotopic (exact) mass is 448 g/mol. The van der Waals surface area contributed by atoms with E-state index in [9.17, 15) is 4.79 Å². The van der Waals surface area contributed by atoms with Crippen molar-refractivity contribution >= 4 is 58.3 Å². The molecule has 0 fully saturated rings. The second-order valence-corrected chi connectivity index (χ2v) is 7.97. The molecule has 152 valence electrons. The summed E-state index contributed by atoms with van der Waals surface area (Å²) in [6.45, 7) is 3.95. The molecule has 10 heteroatoms. The van der Waals surface area contributed by atoms with E-state index in [1.165, 1.54) is 11.9 Å². The van der Waals surface area contributed by atoms with Gasteiger partial charge >= 0.3 is 0 Å². The minimum atomic E-state index is -0.213. The van der Waals surface area contributed by atoms with Crippen molar-refractivity contribution < 1.29 is 0 Å². The Morgan fingerprint density at radius 2 is 2.10 bits per heavy atom. The highest BCUT2D eigenvalue weighted by Crippen LogP contribution is 2.32. The van der Waals surface area contributed by atoms with Crippen molar-refractivity contribution in [2.45, 2.75) is 19.8 Å². The van der Waals surface area contributed by atoms with Crippen LogP contribution >= 0.6 is 35.8 Å². The number of nitrogens with one attached hydrogen (secondary N) is 2. The number of amidine groups is 1. The maximum Gasteiger partial charge on any atom is 0.267 e. The number of rotatable bonds is 5. The van der Waals surface area contributed by atoms with Crippen molar-refractivity contribution in [3.8, 4) is 5.69 Å². The lowest BCUT2D eigenvalue weighted by Gasteiger charge is -2.21. The molecule has 0 spiro atoms. The molecular weight excluding hydrogens is 428 g/mol. The summed E-state index contributed by atoms with van der Waals surface area (Å²) in [5.41, 5.74) is 8.14. The number of pyridine rings is 1. The first-order valence-electron chi connectivity index (χ1n) is 8.83. The summed E-state index contributed by atoms with van der Waals surface area (Å²) in [7, 11) is 1.75. The predicted octanol–water partition coefficient (Wildman–Crippen LogP) is 4.25. The fourth-order valence-electron chi connectivity index (χ4n) is 3.13. The highest BCUT2D eigenvalue weighted by molar-refractivity contribution is 7.97. The molecule has 2 aromatic heterocycles. The Balaban J connectivity index is 2.47. The van der Waals surface area contributed by atoms with Crippen molar-refractivity contribution in [1.82, 2.24) is 14.5 Å². The molecule has 4 N–H and O–H groups in total. The molecule has 0 atom stereocenters. The lowest BCUT2D eigenvalue weighted by Crippen LogP contribution is -2.27. The quantitative estimate of drug-likeness (QED) is 0.233. The summed E-state index contributed by atoms with van der Waals surface area (Å²) in [5.74, 6) is 0.825. The summed E-state index contributed by atoms with van der Waals surface area (Å²) in [4.78, 5) is 21.2. The topological polar surface area (TPSA) is 101 Å². The van der Waals surface area contributed by atoms with Gasteiger partial charge < -0.3 is 16.0 Å². The third-order valence-corrected chi connectivity index (χ3v) is 5.31. The van der Waals surface area contributed by atoms with Crippen LogP contribution in [0.2, 0.25) is 5.02 Å². The normalized spacial score (nSPS) is 12.0. The number of H-pyrrole nitrogens is 1. The number of hydrogen-bond donors (Lipinski definition) is 3. The van der Waals surface area contributed by atoms with Gasteiger partial charge in [0, 0.05) is 19.2 Å². The first-order valence-corrected chi connectivity index (χ1v) is 10.8. The third-order valence-electron chi connectivity index (χ3n) is 4.37. The number of anilines is 1. The molecule has 2 heterocycles. The standard InChI is InChI=1S/C19H21ClN6OS2/c1-9(2)18-24-17-10(5-8-13(28)23-17)19(27)26(18)12-7-6-11(20)14(15(12)22-3)16(21)25-29-4/h5-9,22H,1-4H3,(H2,21,25)(H,23,28). The van der Waals surface area contributed by atoms with Crippen LogP contribution < -0.4 is 16.6 Å². The summed E-state index contributed by atoms with van der Waals surface area (Å²) in [6.07, 6.45) is 1.81. The summed E-state index contributed by atoms with van der Waals surface area (Å²) >= 11 is 12.8. The number of aromatic amines is 1. The highest BCUT2D eigenvalue weighted by Gasteiger charge is 2.21. The summed E-state index contributed by atoms with van der Waals surface area (Å²) in [6, 6.07) is 6.84. The molecule has 0 aliphatic rings. The Morgan fingerprint density at radius 3 is 2.72 bits per heavy atom. The van der Waals surface area contributed by atoms with Gasteiger partial charge in [0.25, 0.3) is 5.56 Å². The Bertz CT molecular complexity index is 1230. The SMILES string of the molecule is CNc1c(-n2c(C(C)C)nc3[nH]c(=S)ccc3c2=O)ccc(Cl)c1/C(N)=N/SC. The number of hydrogen-bond acceptors (Lipinski definition) is 6. The number of benzene rings is 1. The van der Waals surface area contributed by atoms with Crippen LogP contribution in [0.3, 0.4) is 0 Å². The average Bonchev–Trinajstić information content (AvgIpc) is 2.67. The van der Waals surface area contributed by atoms with Gasteiger partial charge in [0.1, 0.15) is 21.9 Å². The van der Waals surface area contributed by atoms with Crippen LogP contribution in [0.5, 0.6) is 0 Å². The minimum Gasteiger partial charge on any atom is -0.386 e. The molecule has 3 rings (SSSR count). The van der Waals surface area contributed by atoms with Gasteiger partial charge in [-0.3, -0.25) is 9.36 Å². The smallest absolute Gasteiger partial charge is 0.267 e. The minimum absolute atomic E-state index is 0.0321. The van der Waals surface area contributed by atoms with Gasteiger partial charge in [-0.05, 0) is 36.2 Å². The van der Waals surface area contributed by atoms with E-state index in [4.69, 9.17) is 34.5 Å². The maximum absolute atomic E-state index is 13.5. The number of nitrogens with zero attached hydrogens (tertiary/aromatic N) is 3. The van der Waals surface area contributed by atoms with E-state index in [0.717, 1.165) is 0 Å². The van der Waals surface area contributed by atoms with Crippen LogP contribution in [0.1, 0.15) is 31.2 Å². The van der Waals surface area contributed by atoms with E-state index in [0.29, 0.717) is 43.5 Å². The Hall–Kier alpha value is -2.36. The average molecular weight is 449 g/mol. The second kappa shape index (κ2) is 8.56. The molecule has 3 aromatic rings. The molecule has 29 heavy (non-hydrogen) atoms. The van der Waals surface area contributed by atoms with Crippen molar-refractivity contribution in [2.24, 2.45) is 10.1 Å². The van der Waals surface area contributed by atoms with Gasteiger partial charge in [-0.15, -0.1) is 0 Å². The molecule has 0 aliphatic carbocycles. The van der Waals surface area contributed by atoms with E-state index in [1.807, 2.05) is 20.1 Å². The zero-order valence-electron chi connectivity index (χ0n) is 16.4. The van der Waals surface area contributed by atoms with Gasteiger partial charge in [0.15, 0.2) is 0 Å². The van der Waals surface area contributed by atoms with Gasteiger partial charge in [-0.1, -0.05) is 37.7 Å². The van der Waals surface area contributed by atoms with Crippen molar-refractivity contribution in [1.29, 1.82) is 0 Å². The Morgan fingerprint density at radius 1 is 1.38 bits per heavy atom. The molecular formula is C19H21ClN6OS2. The van der Waals surface area contributed by atoms with E-state index in [1.54, 1.807) is 35.9 Å². The first-order chi connectivity index (χ1) is 13.8. The molecule has 0 saturated heterocycles. The zero-order chi connectivity index (χ0) is 21.3. The van der Waals surface area contributed by atoms with Gasteiger partial charge in [-0.25, -0.2) is 4.98 Å². The van der Waals surface area contributed by atoms with E-state index in [2.05, 4.69) is 14.7 Å². The van der Waals surface area contributed by atoms with Gasteiger partial charge in [0.05, 0.1) is 27.3 Å². The fraction of sp³-hybridized carbons (Fsp3) is 0.263. The molecule has 0 amide bonds. The lowest BCUT2D eigenvalue weighted by atomic mass is 10.1. The van der Waals surface area contributed by atoms with Crippen LogP contribution in [0.4, 0.5) is 5.69 Å². The lowest BCUT2D eigenvalue weighted by molar-refractivity contribution is 0.721. The zero-order valence-corrected chi connectivity index (χ0v) is 18.8. The largest absolute Gasteiger partial charge is 0.386 e. The number of aromatic nitrogens is 3. The molecule has 0 aliphatic heterocycles. The third kappa shape index (κ3) is 3.90. The molecule has 0 saturated carbocycles. The highest BCUT2D eigenvalue weighted by atomic mass is 35.5. The van der Waals surface area contributed by atoms with Crippen molar-refractivity contribution in [3.05, 3.63) is 55.7 Å². The molecule has 7 nitrogen and oxygen atoms in total. The molecule has 0 radical (unpaired) electrons. The van der Waals surface area contributed by atoms with Crippen LogP contribution in [-0.2, 0) is 0 Å². The molecule has 0 bridgehead atoms. The van der Waals surface area contributed by atoms with Gasteiger partial charge in [0.2, 0.25) is 0 Å². The first kappa shape index (κ1) is 21.4. The number of nitrogens with two attached hydrogens (primary N) is 1. The Labute approximate surface area is 182 Å². The van der Waals surface area contributed by atoms with Crippen LogP contribution in [-0.4, -0.2) is 33.7 Å².